The fourth-order valence-electron chi connectivity index (χ4n) is 2.80. The highest BCUT2D eigenvalue weighted by Crippen LogP contribution is 2.17. The quantitative estimate of drug-likeness (QED) is 0.938. The molecule has 120 valence electrons. The van der Waals surface area contributed by atoms with Crippen molar-refractivity contribution in [3.8, 4) is 0 Å². The van der Waals surface area contributed by atoms with Gasteiger partial charge in [-0.25, -0.2) is 9.18 Å². The number of carboxylic acid groups (broad SMARTS) is 1. The normalized spacial score (nSPS) is 15.6. The number of aromatic nitrogens is 1. The van der Waals surface area contributed by atoms with Crippen molar-refractivity contribution in [1.82, 2.24) is 9.88 Å². The number of benzene rings is 1. The third kappa shape index (κ3) is 3.84. The van der Waals surface area contributed by atoms with Crippen molar-refractivity contribution in [2.75, 3.05) is 31.1 Å². The molecule has 6 heteroatoms. The SMILES string of the molecule is O=C(O)c1cccc(CN2CCN(c3cncc(F)c3)CC2)c1. The van der Waals surface area contributed by atoms with Crippen LogP contribution in [0.2, 0.25) is 0 Å². The van der Waals surface area contributed by atoms with Gasteiger partial charge in [0, 0.05) is 38.8 Å². The Hall–Kier alpha value is -2.47. The molecule has 3 rings (SSSR count). The largest absolute Gasteiger partial charge is 0.478 e. The van der Waals surface area contributed by atoms with Gasteiger partial charge in [0.05, 0.1) is 23.6 Å². The lowest BCUT2D eigenvalue weighted by atomic mass is 10.1. The number of carbonyl (C=O) groups is 1. The van der Waals surface area contributed by atoms with Gasteiger partial charge in [-0.3, -0.25) is 9.88 Å². The molecule has 1 aliphatic heterocycles. The van der Waals surface area contributed by atoms with Gasteiger partial charge >= 0.3 is 5.97 Å². The van der Waals surface area contributed by atoms with Crippen LogP contribution < -0.4 is 4.90 Å². The Morgan fingerprint density at radius 1 is 1.17 bits per heavy atom. The molecule has 0 spiro atoms. The van der Waals surface area contributed by atoms with Gasteiger partial charge in [-0.1, -0.05) is 12.1 Å². The van der Waals surface area contributed by atoms with Crippen molar-refractivity contribution in [3.63, 3.8) is 0 Å². The molecule has 1 saturated heterocycles. The Morgan fingerprint density at radius 2 is 1.96 bits per heavy atom. The number of anilines is 1. The standard InChI is InChI=1S/C17H18FN3O2/c18-15-9-16(11-19-10-15)21-6-4-20(5-7-21)12-13-2-1-3-14(8-13)17(22)23/h1-3,8-11H,4-7,12H2,(H,22,23). The van der Waals surface area contributed by atoms with Gasteiger partial charge in [-0.15, -0.1) is 0 Å². The fraction of sp³-hybridized carbons (Fsp3) is 0.294. The van der Waals surface area contributed by atoms with Crippen molar-refractivity contribution in [1.29, 1.82) is 0 Å². The highest BCUT2D eigenvalue weighted by molar-refractivity contribution is 5.87. The molecular weight excluding hydrogens is 297 g/mol. The summed E-state index contributed by atoms with van der Waals surface area (Å²) >= 11 is 0. The molecule has 1 aromatic carbocycles. The zero-order valence-corrected chi connectivity index (χ0v) is 12.7. The van der Waals surface area contributed by atoms with Gasteiger partial charge in [-0.2, -0.15) is 0 Å². The number of carboxylic acids is 1. The minimum absolute atomic E-state index is 0.312. The molecule has 2 heterocycles. The van der Waals surface area contributed by atoms with Crippen molar-refractivity contribution in [2.24, 2.45) is 0 Å². The second-order valence-electron chi connectivity index (χ2n) is 5.63. The summed E-state index contributed by atoms with van der Waals surface area (Å²) in [6.45, 7) is 3.99. The van der Waals surface area contributed by atoms with E-state index in [1.165, 1.54) is 12.3 Å². The number of rotatable bonds is 4. The van der Waals surface area contributed by atoms with Gasteiger partial charge in [0.2, 0.25) is 0 Å². The zero-order valence-electron chi connectivity index (χ0n) is 12.7. The van der Waals surface area contributed by atoms with Crippen LogP contribution in [0.1, 0.15) is 15.9 Å². The predicted molar refractivity (Wildman–Crippen MR) is 85.1 cm³/mol. The van der Waals surface area contributed by atoms with Crippen LogP contribution in [0.15, 0.2) is 42.7 Å². The number of nitrogens with zero attached hydrogens (tertiary/aromatic N) is 3. The molecule has 1 aliphatic rings. The van der Waals surface area contributed by atoms with E-state index in [2.05, 4.69) is 14.8 Å². The van der Waals surface area contributed by atoms with Crippen LogP contribution >= 0.6 is 0 Å². The topological polar surface area (TPSA) is 56.7 Å². The summed E-state index contributed by atoms with van der Waals surface area (Å²) < 4.78 is 13.2. The van der Waals surface area contributed by atoms with E-state index in [9.17, 15) is 9.18 Å². The third-order valence-electron chi connectivity index (χ3n) is 4.01. The summed E-state index contributed by atoms with van der Waals surface area (Å²) in [6, 6.07) is 8.52. The van der Waals surface area contributed by atoms with Gasteiger partial charge in [0.25, 0.3) is 0 Å². The van der Waals surface area contributed by atoms with Crippen molar-refractivity contribution < 1.29 is 14.3 Å². The minimum atomic E-state index is -0.907. The molecule has 2 aromatic rings. The maximum Gasteiger partial charge on any atom is 0.335 e. The van der Waals surface area contributed by atoms with E-state index in [-0.39, 0.29) is 5.82 Å². The predicted octanol–water partition coefficient (Wildman–Crippen LogP) is 2.24. The zero-order chi connectivity index (χ0) is 16.2. The monoisotopic (exact) mass is 315 g/mol. The Morgan fingerprint density at radius 3 is 2.65 bits per heavy atom. The van der Waals surface area contributed by atoms with Gasteiger partial charge in [-0.05, 0) is 17.7 Å². The van der Waals surface area contributed by atoms with Crippen molar-refractivity contribution in [2.45, 2.75) is 6.54 Å². The second-order valence-corrected chi connectivity index (χ2v) is 5.63. The molecule has 0 unspecified atom stereocenters. The van der Waals surface area contributed by atoms with E-state index in [0.717, 1.165) is 44.0 Å². The Balaban J connectivity index is 1.59. The van der Waals surface area contributed by atoms with Crippen molar-refractivity contribution in [3.05, 3.63) is 59.7 Å². The molecular formula is C17H18FN3O2. The van der Waals surface area contributed by atoms with Crippen LogP contribution in [0.4, 0.5) is 10.1 Å². The second kappa shape index (κ2) is 6.75. The van der Waals surface area contributed by atoms with Crippen LogP contribution in [-0.2, 0) is 6.54 Å². The number of pyridine rings is 1. The summed E-state index contributed by atoms with van der Waals surface area (Å²) in [5, 5.41) is 9.04. The highest BCUT2D eigenvalue weighted by atomic mass is 19.1. The molecule has 0 amide bonds. The summed E-state index contributed by atoms with van der Waals surface area (Å²) in [4.78, 5) is 19.3. The average Bonchev–Trinajstić information content (AvgIpc) is 2.56. The molecule has 0 bridgehead atoms. The van der Waals surface area contributed by atoms with E-state index < -0.39 is 5.97 Å². The number of piperazine rings is 1. The molecule has 0 aliphatic carbocycles. The summed E-state index contributed by atoms with van der Waals surface area (Å²) in [6.07, 6.45) is 2.88. The Labute approximate surface area is 134 Å². The molecule has 23 heavy (non-hydrogen) atoms. The van der Waals surface area contributed by atoms with E-state index in [0.29, 0.717) is 5.56 Å². The molecule has 5 nitrogen and oxygen atoms in total. The maximum absolute atomic E-state index is 13.2. The van der Waals surface area contributed by atoms with E-state index in [1.54, 1.807) is 24.4 Å². The summed E-state index contributed by atoms with van der Waals surface area (Å²) in [5.74, 6) is -1.23. The lowest BCUT2D eigenvalue weighted by molar-refractivity contribution is 0.0696. The first-order chi connectivity index (χ1) is 11.1. The van der Waals surface area contributed by atoms with Crippen LogP contribution in [0.5, 0.6) is 0 Å². The number of hydrogen-bond acceptors (Lipinski definition) is 4. The molecule has 0 saturated carbocycles. The highest BCUT2D eigenvalue weighted by Gasteiger charge is 2.18. The average molecular weight is 315 g/mol. The number of hydrogen-bond donors (Lipinski definition) is 1. The lowest BCUT2D eigenvalue weighted by Gasteiger charge is -2.36. The lowest BCUT2D eigenvalue weighted by Crippen LogP contribution is -2.46. The van der Waals surface area contributed by atoms with Gasteiger partial charge < -0.3 is 10.0 Å². The van der Waals surface area contributed by atoms with E-state index in [1.807, 2.05) is 6.07 Å². The fourth-order valence-corrected chi connectivity index (χ4v) is 2.80. The molecule has 0 atom stereocenters. The van der Waals surface area contributed by atoms with Crippen LogP contribution in [0, 0.1) is 5.82 Å². The van der Waals surface area contributed by atoms with E-state index >= 15 is 0 Å². The molecule has 1 N–H and O–H groups in total. The minimum Gasteiger partial charge on any atom is -0.478 e. The maximum atomic E-state index is 13.2. The van der Waals surface area contributed by atoms with E-state index in [4.69, 9.17) is 5.11 Å². The van der Waals surface area contributed by atoms with Gasteiger partial charge in [0.1, 0.15) is 5.82 Å². The number of halogens is 1. The molecule has 0 radical (unpaired) electrons. The first kappa shape index (κ1) is 15.4. The van der Waals surface area contributed by atoms with Gasteiger partial charge in [0.15, 0.2) is 0 Å². The first-order valence-corrected chi connectivity index (χ1v) is 7.52. The van der Waals surface area contributed by atoms with Crippen LogP contribution in [0.25, 0.3) is 0 Å². The summed E-state index contributed by atoms with van der Waals surface area (Å²) in [5.41, 5.74) is 2.11. The molecule has 1 aromatic heterocycles. The van der Waals surface area contributed by atoms with Crippen LogP contribution in [0.3, 0.4) is 0 Å². The first-order valence-electron chi connectivity index (χ1n) is 7.52. The Kier molecular flexibility index (Phi) is 4.52. The molecule has 1 fully saturated rings. The van der Waals surface area contributed by atoms with Crippen molar-refractivity contribution >= 4 is 11.7 Å². The third-order valence-corrected chi connectivity index (χ3v) is 4.01. The Bertz CT molecular complexity index is 700. The number of aromatic carboxylic acids is 1. The van der Waals surface area contributed by atoms with Crippen LogP contribution in [-0.4, -0.2) is 47.1 Å². The smallest absolute Gasteiger partial charge is 0.335 e. The summed E-state index contributed by atoms with van der Waals surface area (Å²) in [7, 11) is 0.